The molecule has 2 aromatic rings. The van der Waals surface area contributed by atoms with E-state index in [2.05, 4.69) is 32.5 Å². The van der Waals surface area contributed by atoms with Crippen LogP contribution in [0.1, 0.15) is 18.4 Å². The maximum atomic E-state index is 5.70. The molecule has 1 saturated carbocycles. The van der Waals surface area contributed by atoms with E-state index in [1.807, 2.05) is 35.1 Å². The average Bonchev–Trinajstić information content (AvgIpc) is 3.16. The number of aromatic nitrogens is 2. The number of hydrogen-bond acceptors (Lipinski definition) is 3. The van der Waals surface area contributed by atoms with E-state index >= 15 is 0 Å². The van der Waals surface area contributed by atoms with Gasteiger partial charge in [0.25, 0.3) is 0 Å². The summed E-state index contributed by atoms with van der Waals surface area (Å²) in [6.45, 7) is 2.29. The molecule has 0 atom stereocenters. The molecule has 5 heteroatoms. The molecule has 1 heterocycles. The fraction of sp³-hybridized carbons (Fsp3) is 0.400. The Kier molecular flexibility index (Phi) is 4.38. The van der Waals surface area contributed by atoms with Gasteiger partial charge >= 0.3 is 0 Å². The Balaban J connectivity index is 1.43. The van der Waals surface area contributed by atoms with E-state index in [1.54, 1.807) is 0 Å². The van der Waals surface area contributed by atoms with Gasteiger partial charge in [-0.2, -0.15) is 5.10 Å². The summed E-state index contributed by atoms with van der Waals surface area (Å²) in [5, 5.41) is 7.84. The molecule has 1 fully saturated rings. The van der Waals surface area contributed by atoms with Crippen molar-refractivity contribution in [1.82, 2.24) is 15.1 Å². The zero-order valence-electron chi connectivity index (χ0n) is 11.3. The number of hydrogen-bond donors (Lipinski definition) is 1. The summed E-state index contributed by atoms with van der Waals surface area (Å²) in [4.78, 5) is 0. The summed E-state index contributed by atoms with van der Waals surface area (Å²) in [7, 11) is 0. The molecule has 4 nitrogen and oxygen atoms in total. The van der Waals surface area contributed by atoms with Crippen molar-refractivity contribution in [2.24, 2.45) is 0 Å². The van der Waals surface area contributed by atoms with Gasteiger partial charge in [-0.1, -0.05) is 22.0 Å². The second kappa shape index (κ2) is 6.41. The van der Waals surface area contributed by atoms with E-state index in [9.17, 15) is 0 Å². The topological polar surface area (TPSA) is 39.1 Å². The van der Waals surface area contributed by atoms with Gasteiger partial charge in [-0.15, -0.1) is 0 Å². The Morgan fingerprint density at radius 3 is 3.10 bits per heavy atom. The van der Waals surface area contributed by atoms with E-state index < -0.39 is 0 Å². The van der Waals surface area contributed by atoms with Crippen molar-refractivity contribution in [1.29, 1.82) is 0 Å². The van der Waals surface area contributed by atoms with Gasteiger partial charge < -0.3 is 10.1 Å². The SMILES string of the molecule is Brc1cccc(OCCn2cc(CNC3CC3)cn2)c1. The Morgan fingerprint density at radius 1 is 1.40 bits per heavy atom. The van der Waals surface area contributed by atoms with Crippen molar-refractivity contribution in [3.05, 3.63) is 46.7 Å². The smallest absolute Gasteiger partial charge is 0.120 e. The highest BCUT2D eigenvalue weighted by molar-refractivity contribution is 9.10. The normalized spacial score (nSPS) is 14.4. The van der Waals surface area contributed by atoms with Crippen molar-refractivity contribution in [3.63, 3.8) is 0 Å². The molecule has 0 amide bonds. The van der Waals surface area contributed by atoms with Crippen LogP contribution in [0.4, 0.5) is 0 Å². The molecule has 0 spiro atoms. The summed E-state index contributed by atoms with van der Waals surface area (Å²) in [5.41, 5.74) is 1.24. The maximum absolute atomic E-state index is 5.70. The third-order valence-electron chi connectivity index (χ3n) is 3.24. The predicted molar refractivity (Wildman–Crippen MR) is 81.7 cm³/mol. The van der Waals surface area contributed by atoms with Crippen LogP contribution in [0, 0.1) is 0 Å². The van der Waals surface area contributed by atoms with Crippen LogP contribution in [-0.2, 0) is 13.1 Å². The number of rotatable bonds is 7. The minimum atomic E-state index is 0.619. The Hall–Kier alpha value is -1.33. The lowest BCUT2D eigenvalue weighted by Crippen LogP contribution is -2.14. The van der Waals surface area contributed by atoms with E-state index in [0.29, 0.717) is 6.61 Å². The quantitative estimate of drug-likeness (QED) is 0.845. The van der Waals surface area contributed by atoms with E-state index in [4.69, 9.17) is 4.74 Å². The lowest BCUT2D eigenvalue weighted by Gasteiger charge is -2.06. The van der Waals surface area contributed by atoms with Crippen molar-refractivity contribution in [3.8, 4) is 5.75 Å². The molecule has 1 aromatic heterocycles. The second-order valence-electron chi connectivity index (χ2n) is 5.07. The van der Waals surface area contributed by atoms with Gasteiger partial charge in [-0.25, -0.2) is 0 Å². The number of nitrogens with one attached hydrogen (secondary N) is 1. The largest absolute Gasteiger partial charge is 0.492 e. The molecular formula is C15H18BrN3O. The lowest BCUT2D eigenvalue weighted by molar-refractivity contribution is 0.291. The first kappa shape index (κ1) is 13.6. The van der Waals surface area contributed by atoms with Gasteiger partial charge in [0.1, 0.15) is 12.4 Å². The third-order valence-corrected chi connectivity index (χ3v) is 3.74. The first-order valence-corrected chi connectivity index (χ1v) is 7.72. The van der Waals surface area contributed by atoms with Crippen molar-refractivity contribution in [2.75, 3.05) is 6.61 Å². The monoisotopic (exact) mass is 335 g/mol. The van der Waals surface area contributed by atoms with Crippen LogP contribution in [-0.4, -0.2) is 22.4 Å². The van der Waals surface area contributed by atoms with E-state index in [1.165, 1.54) is 18.4 Å². The molecule has 1 aliphatic rings. The Morgan fingerprint density at radius 2 is 2.30 bits per heavy atom. The van der Waals surface area contributed by atoms with Crippen molar-refractivity contribution < 1.29 is 4.74 Å². The first-order chi connectivity index (χ1) is 9.79. The molecule has 1 N–H and O–H groups in total. The highest BCUT2D eigenvalue weighted by Crippen LogP contribution is 2.19. The standard InChI is InChI=1S/C15H18BrN3O/c16-13-2-1-3-15(8-13)20-7-6-19-11-12(10-18-19)9-17-14-4-5-14/h1-3,8,10-11,14,17H,4-7,9H2. The second-order valence-corrected chi connectivity index (χ2v) is 5.99. The van der Waals surface area contributed by atoms with Crippen LogP contribution in [0.15, 0.2) is 41.1 Å². The highest BCUT2D eigenvalue weighted by Gasteiger charge is 2.20. The molecule has 1 aliphatic carbocycles. The molecule has 3 rings (SSSR count). The minimum Gasteiger partial charge on any atom is -0.492 e. The van der Waals surface area contributed by atoms with Crippen LogP contribution in [0.5, 0.6) is 5.75 Å². The van der Waals surface area contributed by atoms with Crippen LogP contribution in [0.25, 0.3) is 0 Å². The van der Waals surface area contributed by atoms with Crippen molar-refractivity contribution in [2.45, 2.75) is 32.0 Å². The van der Waals surface area contributed by atoms with Gasteiger partial charge in [0.15, 0.2) is 0 Å². The Labute approximate surface area is 127 Å². The van der Waals surface area contributed by atoms with Crippen LogP contribution < -0.4 is 10.1 Å². The number of ether oxygens (including phenoxy) is 1. The molecule has 1 aromatic carbocycles. The van der Waals surface area contributed by atoms with Gasteiger partial charge in [-0.05, 0) is 31.0 Å². The zero-order valence-corrected chi connectivity index (χ0v) is 12.8. The minimum absolute atomic E-state index is 0.619. The molecule has 0 unspecified atom stereocenters. The van der Waals surface area contributed by atoms with Crippen molar-refractivity contribution >= 4 is 15.9 Å². The molecule has 0 bridgehead atoms. The molecule has 20 heavy (non-hydrogen) atoms. The predicted octanol–water partition coefficient (Wildman–Crippen LogP) is 2.98. The summed E-state index contributed by atoms with van der Waals surface area (Å²) in [6, 6.07) is 8.61. The molecule has 106 valence electrons. The fourth-order valence-electron chi connectivity index (χ4n) is 1.98. The van der Waals surface area contributed by atoms with Gasteiger partial charge in [0, 0.05) is 28.8 Å². The summed E-state index contributed by atoms with van der Waals surface area (Å²) >= 11 is 3.43. The summed E-state index contributed by atoms with van der Waals surface area (Å²) in [6.07, 6.45) is 6.64. The fourth-order valence-corrected chi connectivity index (χ4v) is 2.36. The van der Waals surface area contributed by atoms with Crippen LogP contribution in [0.3, 0.4) is 0 Å². The van der Waals surface area contributed by atoms with Crippen LogP contribution >= 0.6 is 15.9 Å². The van der Waals surface area contributed by atoms with Crippen LogP contribution in [0.2, 0.25) is 0 Å². The molecule has 0 radical (unpaired) electrons. The lowest BCUT2D eigenvalue weighted by atomic mass is 10.3. The third kappa shape index (κ3) is 4.08. The zero-order chi connectivity index (χ0) is 13.8. The average molecular weight is 336 g/mol. The van der Waals surface area contributed by atoms with Gasteiger partial charge in [0.2, 0.25) is 0 Å². The Bertz CT molecular complexity index is 566. The number of nitrogens with zero attached hydrogens (tertiary/aromatic N) is 2. The first-order valence-electron chi connectivity index (χ1n) is 6.93. The van der Waals surface area contributed by atoms with Gasteiger partial charge in [0.05, 0.1) is 12.7 Å². The van der Waals surface area contributed by atoms with Gasteiger partial charge in [-0.3, -0.25) is 4.68 Å². The molecular weight excluding hydrogens is 318 g/mol. The highest BCUT2D eigenvalue weighted by atomic mass is 79.9. The molecule has 0 saturated heterocycles. The number of halogens is 1. The molecule has 0 aliphatic heterocycles. The summed E-state index contributed by atoms with van der Waals surface area (Å²) < 4.78 is 8.66. The van der Waals surface area contributed by atoms with E-state index in [0.717, 1.165) is 29.4 Å². The summed E-state index contributed by atoms with van der Waals surface area (Å²) in [5.74, 6) is 0.877. The number of benzene rings is 1. The maximum Gasteiger partial charge on any atom is 0.120 e. The van der Waals surface area contributed by atoms with E-state index in [-0.39, 0.29) is 0 Å².